The van der Waals surface area contributed by atoms with Crippen molar-refractivity contribution < 1.29 is 21.6 Å². The second-order valence-electron chi connectivity index (χ2n) is 9.14. The van der Waals surface area contributed by atoms with E-state index in [2.05, 4.69) is 29.3 Å². The number of piperazine rings is 1. The van der Waals surface area contributed by atoms with Crippen molar-refractivity contribution in [2.45, 2.75) is 18.2 Å². The molecule has 9 nitrogen and oxygen atoms in total. The van der Waals surface area contributed by atoms with Gasteiger partial charge >= 0.3 is 0 Å². The van der Waals surface area contributed by atoms with Crippen molar-refractivity contribution >= 4 is 43.0 Å². The standard InChI is InChI=1S/C27H32N4O5S2/c1-4-21-8-7-9-23(20-21)30-16-18-31(19-17-30)38(35,36)24-14-12-22(13-15-24)28-27(32)25-10-5-6-11-26(25)29(2)37(3,33)34/h5-15,20H,4,16-19H2,1-3H3,(H,28,32). The third-order valence-corrected chi connectivity index (χ3v) is 9.76. The first-order valence-electron chi connectivity index (χ1n) is 12.3. The third kappa shape index (κ3) is 6.01. The van der Waals surface area contributed by atoms with Crippen molar-refractivity contribution in [3.8, 4) is 0 Å². The highest BCUT2D eigenvalue weighted by atomic mass is 32.2. The first-order chi connectivity index (χ1) is 18.0. The molecule has 1 aliphatic rings. The quantitative estimate of drug-likeness (QED) is 0.456. The number of hydrogen-bond acceptors (Lipinski definition) is 6. The largest absolute Gasteiger partial charge is 0.369 e. The molecular weight excluding hydrogens is 524 g/mol. The molecule has 0 spiro atoms. The van der Waals surface area contributed by atoms with Gasteiger partial charge in [0.25, 0.3) is 5.91 Å². The Balaban J connectivity index is 1.43. The minimum atomic E-state index is -3.69. The maximum atomic E-state index is 13.3. The molecule has 202 valence electrons. The highest BCUT2D eigenvalue weighted by Crippen LogP contribution is 2.25. The normalized spacial score (nSPS) is 14.8. The second kappa shape index (κ2) is 11.1. The maximum Gasteiger partial charge on any atom is 0.257 e. The smallest absolute Gasteiger partial charge is 0.257 e. The van der Waals surface area contributed by atoms with Gasteiger partial charge in [0.15, 0.2) is 0 Å². The fourth-order valence-electron chi connectivity index (χ4n) is 4.34. The van der Waals surface area contributed by atoms with Crippen LogP contribution in [0.4, 0.5) is 17.1 Å². The molecule has 1 fully saturated rings. The van der Waals surface area contributed by atoms with E-state index in [0.29, 0.717) is 31.9 Å². The van der Waals surface area contributed by atoms with Gasteiger partial charge in [-0.05, 0) is 60.5 Å². The molecular formula is C27H32N4O5S2. The Bertz CT molecular complexity index is 1520. The molecule has 1 aliphatic heterocycles. The van der Waals surface area contributed by atoms with E-state index in [4.69, 9.17) is 0 Å². The summed E-state index contributed by atoms with van der Waals surface area (Å²) in [6.07, 6.45) is 2.01. The van der Waals surface area contributed by atoms with E-state index >= 15 is 0 Å². The summed E-state index contributed by atoms with van der Waals surface area (Å²) in [4.78, 5) is 15.3. The van der Waals surface area contributed by atoms with Crippen LogP contribution in [0, 0.1) is 0 Å². The van der Waals surface area contributed by atoms with Crippen molar-refractivity contribution in [2.24, 2.45) is 0 Å². The summed E-state index contributed by atoms with van der Waals surface area (Å²) in [6.45, 7) is 4.06. The summed E-state index contributed by atoms with van der Waals surface area (Å²) in [5.74, 6) is -0.505. The van der Waals surface area contributed by atoms with Gasteiger partial charge in [-0.15, -0.1) is 0 Å². The number of amides is 1. The van der Waals surface area contributed by atoms with E-state index in [1.165, 1.54) is 47.2 Å². The van der Waals surface area contributed by atoms with E-state index in [9.17, 15) is 21.6 Å². The fourth-order valence-corrected chi connectivity index (χ4v) is 6.28. The average molecular weight is 557 g/mol. The van der Waals surface area contributed by atoms with Crippen LogP contribution in [0.5, 0.6) is 0 Å². The molecule has 3 aromatic carbocycles. The highest BCUT2D eigenvalue weighted by Gasteiger charge is 2.29. The fraction of sp³-hybridized carbons (Fsp3) is 0.296. The van der Waals surface area contributed by atoms with Crippen molar-refractivity contribution in [1.29, 1.82) is 0 Å². The molecule has 1 amide bonds. The van der Waals surface area contributed by atoms with Crippen LogP contribution in [0.2, 0.25) is 0 Å². The number of anilines is 3. The van der Waals surface area contributed by atoms with Crippen molar-refractivity contribution in [3.05, 3.63) is 83.9 Å². The Morgan fingerprint density at radius 1 is 0.895 bits per heavy atom. The van der Waals surface area contributed by atoms with Gasteiger partial charge in [0.1, 0.15) is 0 Å². The summed E-state index contributed by atoms with van der Waals surface area (Å²) < 4.78 is 53.0. The molecule has 0 unspecified atom stereocenters. The second-order valence-corrected chi connectivity index (χ2v) is 13.1. The van der Waals surface area contributed by atoms with Crippen LogP contribution in [0.3, 0.4) is 0 Å². The molecule has 1 saturated heterocycles. The molecule has 0 atom stereocenters. The SMILES string of the molecule is CCc1cccc(N2CCN(S(=O)(=O)c3ccc(NC(=O)c4ccccc4N(C)S(C)(=O)=O)cc3)CC2)c1. The predicted octanol–water partition coefficient (Wildman–Crippen LogP) is 3.41. The Kier molecular flexibility index (Phi) is 8.10. The van der Waals surface area contributed by atoms with Gasteiger partial charge in [-0.1, -0.05) is 31.2 Å². The lowest BCUT2D eigenvalue weighted by Crippen LogP contribution is -2.48. The lowest BCUT2D eigenvalue weighted by molar-refractivity contribution is 0.102. The Labute approximate surface area is 224 Å². The first-order valence-corrected chi connectivity index (χ1v) is 15.6. The number of nitrogens with one attached hydrogen (secondary N) is 1. The maximum absolute atomic E-state index is 13.3. The van der Waals surface area contributed by atoms with E-state index < -0.39 is 26.0 Å². The monoisotopic (exact) mass is 556 g/mol. The lowest BCUT2D eigenvalue weighted by atomic mass is 10.1. The van der Waals surface area contributed by atoms with Crippen LogP contribution < -0.4 is 14.5 Å². The van der Waals surface area contributed by atoms with Crippen LogP contribution in [0.15, 0.2) is 77.7 Å². The van der Waals surface area contributed by atoms with Crippen LogP contribution in [-0.2, 0) is 26.5 Å². The Morgan fingerprint density at radius 3 is 2.18 bits per heavy atom. The number of carbonyl (C=O) groups is 1. The Hall–Kier alpha value is -3.41. The van der Waals surface area contributed by atoms with Gasteiger partial charge in [0, 0.05) is 44.6 Å². The summed E-state index contributed by atoms with van der Waals surface area (Å²) in [5.41, 5.74) is 3.17. The molecule has 0 aromatic heterocycles. The molecule has 1 N–H and O–H groups in total. The third-order valence-electron chi connectivity index (χ3n) is 6.66. The topological polar surface area (TPSA) is 107 Å². The molecule has 0 radical (unpaired) electrons. The summed E-state index contributed by atoms with van der Waals surface area (Å²) in [6, 6.07) is 20.7. The molecule has 38 heavy (non-hydrogen) atoms. The van der Waals surface area contributed by atoms with E-state index in [0.717, 1.165) is 22.7 Å². The van der Waals surface area contributed by atoms with E-state index in [1.54, 1.807) is 18.2 Å². The number of para-hydroxylation sites is 1. The van der Waals surface area contributed by atoms with Crippen LogP contribution in [-0.4, -0.2) is 66.5 Å². The number of sulfonamides is 2. The van der Waals surface area contributed by atoms with Gasteiger partial charge in [-0.2, -0.15) is 4.31 Å². The van der Waals surface area contributed by atoms with Crippen LogP contribution in [0.1, 0.15) is 22.8 Å². The van der Waals surface area contributed by atoms with Gasteiger partial charge in [-0.25, -0.2) is 16.8 Å². The highest BCUT2D eigenvalue weighted by molar-refractivity contribution is 7.92. The lowest BCUT2D eigenvalue weighted by Gasteiger charge is -2.35. The first kappa shape index (κ1) is 27.6. The van der Waals surface area contributed by atoms with Crippen LogP contribution in [0.25, 0.3) is 0 Å². The van der Waals surface area contributed by atoms with Crippen LogP contribution >= 0.6 is 0 Å². The number of nitrogens with zero attached hydrogens (tertiary/aromatic N) is 3. The van der Waals surface area contributed by atoms with Crippen molar-refractivity contribution in [2.75, 3.05) is 54.0 Å². The molecule has 11 heteroatoms. The molecule has 1 heterocycles. The van der Waals surface area contributed by atoms with Gasteiger partial charge in [0.2, 0.25) is 20.0 Å². The number of aryl methyl sites for hydroxylation is 1. The number of carbonyl (C=O) groups excluding carboxylic acids is 1. The average Bonchev–Trinajstić information content (AvgIpc) is 2.92. The van der Waals surface area contributed by atoms with E-state index in [-0.39, 0.29) is 16.1 Å². The predicted molar refractivity (Wildman–Crippen MR) is 151 cm³/mol. The molecule has 0 bridgehead atoms. The zero-order chi connectivity index (χ0) is 27.5. The van der Waals surface area contributed by atoms with Gasteiger partial charge in [-0.3, -0.25) is 9.10 Å². The minimum absolute atomic E-state index is 0.147. The van der Waals surface area contributed by atoms with E-state index in [1.807, 2.05) is 12.1 Å². The Morgan fingerprint density at radius 2 is 1.55 bits per heavy atom. The summed E-state index contributed by atoms with van der Waals surface area (Å²) in [5, 5.41) is 2.72. The van der Waals surface area contributed by atoms with Gasteiger partial charge < -0.3 is 10.2 Å². The number of hydrogen-bond donors (Lipinski definition) is 1. The van der Waals surface area contributed by atoms with Crippen molar-refractivity contribution in [1.82, 2.24) is 4.31 Å². The zero-order valence-corrected chi connectivity index (χ0v) is 23.3. The zero-order valence-electron chi connectivity index (χ0n) is 21.7. The molecule has 0 aliphatic carbocycles. The minimum Gasteiger partial charge on any atom is -0.369 e. The van der Waals surface area contributed by atoms with Crippen molar-refractivity contribution in [3.63, 3.8) is 0 Å². The number of benzene rings is 3. The molecule has 3 aromatic rings. The number of rotatable bonds is 8. The summed E-state index contributed by atoms with van der Waals surface area (Å²) in [7, 11) is -5.87. The molecule has 0 saturated carbocycles. The summed E-state index contributed by atoms with van der Waals surface area (Å²) >= 11 is 0. The van der Waals surface area contributed by atoms with Gasteiger partial charge in [0.05, 0.1) is 22.4 Å². The molecule has 4 rings (SSSR count).